The highest BCUT2D eigenvalue weighted by molar-refractivity contribution is 5.35. The zero-order chi connectivity index (χ0) is 14.7. The summed E-state index contributed by atoms with van der Waals surface area (Å²) in [6, 6.07) is 8.82. The average molecular weight is 285 g/mol. The summed E-state index contributed by atoms with van der Waals surface area (Å²) >= 11 is 0. The van der Waals surface area contributed by atoms with E-state index in [-0.39, 0.29) is 0 Å². The number of hydrogen-bond donors (Lipinski definition) is 0. The number of benzene rings is 1. The summed E-state index contributed by atoms with van der Waals surface area (Å²) in [7, 11) is 1.77. The maximum Gasteiger partial charge on any atom is 0.119 e. The summed E-state index contributed by atoms with van der Waals surface area (Å²) in [5, 5.41) is 0. The summed E-state index contributed by atoms with van der Waals surface area (Å²) in [6.45, 7) is 7.35. The highest BCUT2D eigenvalue weighted by Crippen LogP contribution is 2.49. The molecule has 0 N–H and O–H groups in total. The van der Waals surface area contributed by atoms with Gasteiger partial charge in [-0.3, -0.25) is 4.90 Å². The van der Waals surface area contributed by atoms with Gasteiger partial charge in [0.2, 0.25) is 0 Å². The monoisotopic (exact) mass is 285 g/mol. The molecule has 1 aliphatic carbocycles. The molecule has 1 saturated heterocycles. The number of hydrogen-bond acceptors (Lipinski definition) is 2. The molecule has 3 rings (SSSR count). The molecule has 2 unspecified atom stereocenters. The molecule has 2 heteroatoms. The van der Waals surface area contributed by atoms with Crippen molar-refractivity contribution in [2.24, 2.45) is 5.92 Å². The van der Waals surface area contributed by atoms with Gasteiger partial charge in [-0.15, -0.1) is 6.58 Å². The first-order valence-electron chi connectivity index (χ1n) is 8.26. The first-order chi connectivity index (χ1) is 10.3. The minimum Gasteiger partial charge on any atom is -0.497 e. The molecule has 2 aliphatic rings. The van der Waals surface area contributed by atoms with E-state index in [2.05, 4.69) is 35.7 Å². The summed E-state index contributed by atoms with van der Waals surface area (Å²) in [6.07, 6.45) is 8.78. The van der Waals surface area contributed by atoms with Crippen LogP contribution in [-0.4, -0.2) is 31.6 Å². The van der Waals surface area contributed by atoms with Crippen LogP contribution in [0.3, 0.4) is 0 Å². The number of piperidine rings is 1. The van der Waals surface area contributed by atoms with Crippen molar-refractivity contribution in [3.63, 3.8) is 0 Å². The number of fused-ring (bicyclic) bond motifs is 1. The molecule has 21 heavy (non-hydrogen) atoms. The Hall–Kier alpha value is -1.28. The van der Waals surface area contributed by atoms with Gasteiger partial charge in [0.25, 0.3) is 0 Å². The van der Waals surface area contributed by atoms with Crippen molar-refractivity contribution in [3.8, 4) is 5.75 Å². The van der Waals surface area contributed by atoms with Crippen LogP contribution in [0.1, 0.15) is 37.7 Å². The van der Waals surface area contributed by atoms with Gasteiger partial charge in [0.05, 0.1) is 7.11 Å². The van der Waals surface area contributed by atoms with Gasteiger partial charge in [0.1, 0.15) is 5.75 Å². The van der Waals surface area contributed by atoms with Crippen LogP contribution in [-0.2, 0) is 5.41 Å². The summed E-state index contributed by atoms with van der Waals surface area (Å²) < 4.78 is 5.46. The predicted octanol–water partition coefficient (Wildman–Crippen LogP) is 4.01. The number of rotatable bonds is 4. The van der Waals surface area contributed by atoms with Crippen LogP contribution in [0.5, 0.6) is 5.75 Å². The van der Waals surface area contributed by atoms with Crippen LogP contribution < -0.4 is 4.74 Å². The minimum atomic E-state index is 0.379. The average Bonchev–Trinajstić information content (AvgIpc) is 2.55. The van der Waals surface area contributed by atoms with E-state index < -0.39 is 0 Å². The van der Waals surface area contributed by atoms with Crippen molar-refractivity contribution in [2.45, 2.75) is 37.5 Å². The highest BCUT2D eigenvalue weighted by Gasteiger charge is 2.45. The lowest BCUT2D eigenvalue weighted by molar-refractivity contribution is 0.0627. The van der Waals surface area contributed by atoms with E-state index in [4.69, 9.17) is 4.74 Å². The molecule has 0 aromatic heterocycles. The van der Waals surface area contributed by atoms with Crippen LogP contribution in [0.25, 0.3) is 0 Å². The summed E-state index contributed by atoms with van der Waals surface area (Å²) in [4.78, 5) is 2.57. The van der Waals surface area contributed by atoms with E-state index in [9.17, 15) is 0 Å². The Balaban J connectivity index is 1.90. The standard InChI is InChI=1S/C19H27NO/c1-3-12-20-13-11-19(10-5-4-7-17(19)15-20)16-8-6-9-18(14-16)21-2/h3,6,8-9,14,17H,1,4-5,7,10-13,15H2,2H3. The number of methoxy groups -OCH3 is 1. The quantitative estimate of drug-likeness (QED) is 0.775. The van der Waals surface area contributed by atoms with Crippen molar-refractivity contribution in [2.75, 3.05) is 26.7 Å². The lowest BCUT2D eigenvalue weighted by Gasteiger charge is -2.51. The molecule has 1 saturated carbocycles. The second-order valence-electron chi connectivity index (χ2n) is 6.63. The summed E-state index contributed by atoms with van der Waals surface area (Å²) in [5.41, 5.74) is 1.88. The Morgan fingerprint density at radius 3 is 3.10 bits per heavy atom. The van der Waals surface area contributed by atoms with Gasteiger partial charge in [-0.1, -0.05) is 31.1 Å². The third kappa shape index (κ3) is 2.74. The van der Waals surface area contributed by atoms with Crippen LogP contribution in [0.4, 0.5) is 0 Å². The van der Waals surface area contributed by atoms with Gasteiger partial charge in [-0.05, 0) is 49.4 Å². The van der Waals surface area contributed by atoms with Crippen molar-refractivity contribution in [1.29, 1.82) is 0 Å². The SMILES string of the molecule is C=CCN1CCC2(c3cccc(OC)c3)CCCCC2C1. The molecule has 0 bridgehead atoms. The van der Waals surface area contributed by atoms with Gasteiger partial charge in [0, 0.05) is 18.5 Å². The maximum absolute atomic E-state index is 5.46. The van der Waals surface area contributed by atoms with Crippen LogP contribution in [0.15, 0.2) is 36.9 Å². The molecule has 2 nitrogen and oxygen atoms in total. The predicted molar refractivity (Wildman–Crippen MR) is 87.9 cm³/mol. The summed E-state index contributed by atoms with van der Waals surface area (Å²) in [5.74, 6) is 1.78. The molecule has 1 heterocycles. The zero-order valence-electron chi connectivity index (χ0n) is 13.2. The smallest absolute Gasteiger partial charge is 0.119 e. The third-order valence-corrected chi connectivity index (χ3v) is 5.59. The third-order valence-electron chi connectivity index (χ3n) is 5.59. The van der Waals surface area contributed by atoms with Crippen molar-refractivity contribution >= 4 is 0 Å². The molecule has 2 fully saturated rings. The maximum atomic E-state index is 5.46. The molecule has 1 aromatic carbocycles. The van der Waals surface area contributed by atoms with Crippen molar-refractivity contribution in [3.05, 3.63) is 42.5 Å². The number of nitrogens with zero attached hydrogens (tertiary/aromatic N) is 1. The second-order valence-corrected chi connectivity index (χ2v) is 6.63. The van der Waals surface area contributed by atoms with E-state index in [0.29, 0.717) is 5.41 Å². The second kappa shape index (κ2) is 6.23. The highest BCUT2D eigenvalue weighted by atomic mass is 16.5. The van der Waals surface area contributed by atoms with Crippen LogP contribution in [0, 0.1) is 5.92 Å². The van der Waals surface area contributed by atoms with E-state index in [1.54, 1.807) is 7.11 Å². The Bertz CT molecular complexity index is 498. The van der Waals surface area contributed by atoms with E-state index in [1.165, 1.54) is 50.8 Å². The molecule has 1 aromatic rings. The molecule has 1 aliphatic heterocycles. The van der Waals surface area contributed by atoms with Crippen LogP contribution in [0.2, 0.25) is 0 Å². The molecular weight excluding hydrogens is 258 g/mol. The van der Waals surface area contributed by atoms with Crippen molar-refractivity contribution in [1.82, 2.24) is 4.90 Å². The Kier molecular flexibility index (Phi) is 4.34. The normalized spacial score (nSPS) is 29.7. The minimum absolute atomic E-state index is 0.379. The first kappa shape index (κ1) is 14.6. The Morgan fingerprint density at radius 1 is 1.38 bits per heavy atom. The first-order valence-corrected chi connectivity index (χ1v) is 8.26. The van der Waals surface area contributed by atoms with E-state index >= 15 is 0 Å². The van der Waals surface area contributed by atoms with Gasteiger partial charge < -0.3 is 4.74 Å². The van der Waals surface area contributed by atoms with Crippen LogP contribution >= 0.6 is 0 Å². The van der Waals surface area contributed by atoms with E-state index in [0.717, 1.165) is 18.2 Å². The fraction of sp³-hybridized carbons (Fsp3) is 0.579. The van der Waals surface area contributed by atoms with Crippen molar-refractivity contribution < 1.29 is 4.74 Å². The lowest BCUT2D eigenvalue weighted by Crippen LogP contribution is -2.51. The fourth-order valence-electron chi connectivity index (χ4n) is 4.47. The molecular formula is C19H27NO. The van der Waals surface area contributed by atoms with Gasteiger partial charge in [-0.2, -0.15) is 0 Å². The molecule has 0 amide bonds. The van der Waals surface area contributed by atoms with Gasteiger partial charge >= 0.3 is 0 Å². The molecule has 0 radical (unpaired) electrons. The van der Waals surface area contributed by atoms with E-state index in [1.807, 2.05) is 6.08 Å². The Labute approximate surface area is 128 Å². The zero-order valence-corrected chi connectivity index (χ0v) is 13.2. The number of ether oxygens (including phenoxy) is 1. The topological polar surface area (TPSA) is 12.5 Å². The largest absolute Gasteiger partial charge is 0.497 e. The molecule has 114 valence electrons. The van der Waals surface area contributed by atoms with Gasteiger partial charge in [-0.25, -0.2) is 0 Å². The molecule has 2 atom stereocenters. The lowest BCUT2D eigenvalue weighted by atomic mass is 9.59. The Morgan fingerprint density at radius 2 is 2.29 bits per heavy atom. The fourth-order valence-corrected chi connectivity index (χ4v) is 4.47. The number of likely N-dealkylation sites (tertiary alicyclic amines) is 1. The molecule has 0 spiro atoms. The van der Waals surface area contributed by atoms with Gasteiger partial charge in [0.15, 0.2) is 0 Å².